The van der Waals surface area contributed by atoms with E-state index in [0.29, 0.717) is 0 Å². The van der Waals surface area contributed by atoms with Gasteiger partial charge in [0.2, 0.25) is 11.5 Å². The van der Waals surface area contributed by atoms with Crippen molar-refractivity contribution in [2.24, 2.45) is 0 Å². The van der Waals surface area contributed by atoms with Crippen LogP contribution >= 0.6 is 11.6 Å². The molecule has 3 aromatic heterocycles. The molecule has 0 bridgehead atoms. The summed E-state index contributed by atoms with van der Waals surface area (Å²) in [6, 6.07) is 3.06. The molecular weight excluding hydrogens is 271 g/mol. The minimum absolute atomic E-state index is 0.00854. The van der Waals surface area contributed by atoms with Gasteiger partial charge in [-0.1, -0.05) is 11.6 Å². The normalized spacial score (nSPS) is 12.4. The molecule has 3 rings (SSSR count). The highest BCUT2D eigenvalue weighted by molar-refractivity contribution is 6.32. The molecule has 0 N–H and O–H groups in total. The topological polar surface area (TPSA) is 56.0 Å². The monoisotopic (exact) mass is 273 g/mol. The van der Waals surface area contributed by atoms with Crippen LogP contribution in [0.1, 0.15) is 5.82 Å². The van der Waals surface area contributed by atoms with Gasteiger partial charge in [-0.2, -0.15) is 13.2 Å². The maximum absolute atomic E-state index is 12.8. The number of aromatic nitrogens is 5. The molecule has 3 aromatic rings. The molecule has 0 spiro atoms. The van der Waals surface area contributed by atoms with E-state index in [1.807, 2.05) is 0 Å². The van der Waals surface area contributed by atoms with Crippen molar-refractivity contribution in [1.29, 1.82) is 0 Å². The zero-order chi connectivity index (χ0) is 12.9. The van der Waals surface area contributed by atoms with E-state index in [1.165, 1.54) is 12.3 Å². The fourth-order valence-corrected chi connectivity index (χ4v) is 1.82. The Kier molecular flexibility index (Phi) is 2.18. The molecule has 0 saturated heterocycles. The number of pyridine rings is 1. The van der Waals surface area contributed by atoms with Crippen molar-refractivity contribution < 1.29 is 13.2 Å². The molecule has 5 nitrogen and oxygen atoms in total. The van der Waals surface area contributed by atoms with E-state index in [-0.39, 0.29) is 22.0 Å². The maximum atomic E-state index is 12.8. The van der Waals surface area contributed by atoms with Crippen molar-refractivity contribution in [1.82, 2.24) is 24.6 Å². The fraction of sp³-hybridized carbons (Fsp3) is 0.111. The number of fused-ring (bicyclic) bond motifs is 3. The van der Waals surface area contributed by atoms with Gasteiger partial charge in [-0.05, 0) is 12.1 Å². The molecule has 0 aliphatic rings. The highest BCUT2D eigenvalue weighted by Gasteiger charge is 2.38. The fourth-order valence-electron chi connectivity index (χ4n) is 1.61. The largest absolute Gasteiger partial charge is 0.452 e. The van der Waals surface area contributed by atoms with Gasteiger partial charge in [-0.3, -0.25) is 4.40 Å². The Hall–Kier alpha value is -1.96. The van der Waals surface area contributed by atoms with Crippen LogP contribution in [0.3, 0.4) is 0 Å². The highest BCUT2D eigenvalue weighted by Crippen LogP contribution is 2.30. The van der Waals surface area contributed by atoms with Gasteiger partial charge in [0.15, 0.2) is 10.8 Å². The molecule has 0 unspecified atom stereocenters. The summed E-state index contributed by atoms with van der Waals surface area (Å²) in [6.07, 6.45) is -3.29. The molecule has 3 heterocycles. The molecule has 9 heteroatoms. The lowest BCUT2D eigenvalue weighted by molar-refractivity contribution is -0.145. The second kappa shape index (κ2) is 3.52. The maximum Gasteiger partial charge on any atom is 0.452 e. The van der Waals surface area contributed by atoms with Crippen molar-refractivity contribution in [3.05, 3.63) is 29.3 Å². The first-order valence-corrected chi connectivity index (χ1v) is 5.09. The van der Waals surface area contributed by atoms with Crippen molar-refractivity contribution in [3.63, 3.8) is 0 Å². The average Bonchev–Trinajstić information content (AvgIpc) is 2.74. The van der Waals surface area contributed by atoms with Crippen molar-refractivity contribution in [3.8, 4) is 0 Å². The average molecular weight is 274 g/mol. The minimum Gasteiger partial charge on any atom is -0.251 e. The predicted octanol–water partition coefficient (Wildman–Crippen LogP) is 2.34. The van der Waals surface area contributed by atoms with Crippen LogP contribution < -0.4 is 0 Å². The summed E-state index contributed by atoms with van der Waals surface area (Å²) in [4.78, 5) is 7.77. The first kappa shape index (κ1) is 11.1. The summed E-state index contributed by atoms with van der Waals surface area (Å²) in [5.41, 5.74) is 0.0738. The zero-order valence-corrected chi connectivity index (χ0v) is 9.24. The van der Waals surface area contributed by atoms with Crippen LogP contribution in [0.4, 0.5) is 13.2 Å². The lowest BCUT2D eigenvalue weighted by Gasteiger charge is -2.06. The van der Waals surface area contributed by atoms with Gasteiger partial charge in [0, 0.05) is 6.20 Å². The van der Waals surface area contributed by atoms with Gasteiger partial charge in [-0.25, -0.2) is 9.97 Å². The third kappa shape index (κ3) is 1.49. The standard InChI is InChI=1S/C9H3ClF3N5/c10-5-7-16-17-8(9(11,12)13)18(7)6-4(15-5)2-1-3-14-6/h1-3H. The van der Waals surface area contributed by atoms with Gasteiger partial charge < -0.3 is 0 Å². The molecule has 0 atom stereocenters. The molecule has 92 valence electrons. The number of hydrogen-bond acceptors (Lipinski definition) is 4. The van der Waals surface area contributed by atoms with Crippen molar-refractivity contribution in [2.75, 3.05) is 0 Å². The van der Waals surface area contributed by atoms with Gasteiger partial charge in [0.1, 0.15) is 5.52 Å². The van der Waals surface area contributed by atoms with E-state index in [9.17, 15) is 13.2 Å². The molecule has 0 aliphatic carbocycles. The smallest absolute Gasteiger partial charge is 0.251 e. The second-order valence-corrected chi connectivity index (χ2v) is 3.79. The number of hydrogen-bond donors (Lipinski definition) is 0. The lowest BCUT2D eigenvalue weighted by Crippen LogP contribution is -2.12. The Morgan fingerprint density at radius 1 is 1.17 bits per heavy atom. The first-order valence-electron chi connectivity index (χ1n) is 4.71. The van der Waals surface area contributed by atoms with Crippen LogP contribution in [-0.4, -0.2) is 24.6 Å². The quantitative estimate of drug-likeness (QED) is 0.631. The Labute approximate surface area is 102 Å². The van der Waals surface area contributed by atoms with Gasteiger partial charge in [0.25, 0.3) is 0 Å². The van der Waals surface area contributed by atoms with Crippen LogP contribution in [0.5, 0.6) is 0 Å². The summed E-state index contributed by atoms with van der Waals surface area (Å²) in [6.45, 7) is 0. The van der Waals surface area contributed by atoms with Gasteiger partial charge in [-0.15, -0.1) is 10.2 Å². The van der Waals surface area contributed by atoms with E-state index < -0.39 is 12.0 Å². The number of rotatable bonds is 0. The van der Waals surface area contributed by atoms with Crippen molar-refractivity contribution in [2.45, 2.75) is 6.18 Å². The summed E-state index contributed by atoms with van der Waals surface area (Å²) in [5.74, 6) is -1.18. The van der Waals surface area contributed by atoms with Crippen LogP contribution in [-0.2, 0) is 6.18 Å². The second-order valence-electron chi connectivity index (χ2n) is 3.43. The van der Waals surface area contributed by atoms with Gasteiger partial charge >= 0.3 is 6.18 Å². The Morgan fingerprint density at radius 3 is 2.67 bits per heavy atom. The molecule has 0 saturated carbocycles. The number of nitrogens with zero attached hydrogens (tertiary/aromatic N) is 5. The Balaban J connectivity index is 2.56. The van der Waals surface area contributed by atoms with E-state index >= 15 is 0 Å². The first-order chi connectivity index (χ1) is 8.48. The Bertz CT molecular complexity index is 751. The third-order valence-electron chi connectivity index (χ3n) is 2.30. The molecule has 0 aliphatic heterocycles. The summed E-state index contributed by atoms with van der Waals surface area (Å²) in [7, 11) is 0. The van der Waals surface area contributed by atoms with Gasteiger partial charge in [0.05, 0.1) is 0 Å². The molecule has 0 aromatic carbocycles. The highest BCUT2D eigenvalue weighted by atomic mass is 35.5. The van der Waals surface area contributed by atoms with Crippen LogP contribution in [0.25, 0.3) is 16.8 Å². The molecular formula is C9H3ClF3N5. The van der Waals surface area contributed by atoms with E-state index in [1.54, 1.807) is 6.07 Å². The molecule has 0 fully saturated rings. The third-order valence-corrected chi connectivity index (χ3v) is 2.55. The Morgan fingerprint density at radius 2 is 1.94 bits per heavy atom. The van der Waals surface area contributed by atoms with E-state index in [4.69, 9.17) is 11.6 Å². The van der Waals surface area contributed by atoms with Crippen LogP contribution in [0.15, 0.2) is 18.3 Å². The van der Waals surface area contributed by atoms with Crippen LogP contribution in [0.2, 0.25) is 5.15 Å². The SMILES string of the molecule is FC(F)(F)c1nnc2c(Cl)nc3cccnc3n12. The number of halogens is 4. The van der Waals surface area contributed by atoms with Crippen molar-refractivity contribution >= 4 is 28.4 Å². The summed E-state index contributed by atoms with van der Waals surface area (Å²) in [5, 5.41) is 6.34. The van der Waals surface area contributed by atoms with E-state index in [2.05, 4.69) is 20.2 Å². The van der Waals surface area contributed by atoms with E-state index in [0.717, 1.165) is 4.40 Å². The summed E-state index contributed by atoms with van der Waals surface area (Å²) >= 11 is 5.77. The molecule has 18 heavy (non-hydrogen) atoms. The molecule has 0 radical (unpaired) electrons. The minimum atomic E-state index is -4.64. The van der Waals surface area contributed by atoms with Crippen LogP contribution in [0, 0.1) is 0 Å². The lowest BCUT2D eigenvalue weighted by atomic mass is 10.4. The number of alkyl halides is 3. The predicted molar refractivity (Wildman–Crippen MR) is 56.1 cm³/mol. The molecule has 0 amide bonds. The zero-order valence-electron chi connectivity index (χ0n) is 8.48. The summed E-state index contributed by atoms with van der Waals surface area (Å²) < 4.78 is 39.1.